The van der Waals surface area contributed by atoms with Crippen molar-refractivity contribution in [3.05, 3.63) is 59.2 Å². The second-order valence-electron chi connectivity index (χ2n) is 4.15. The number of nitrogens with zero attached hydrogens (tertiary/aromatic N) is 1. The quantitative estimate of drug-likeness (QED) is 0.863. The summed E-state index contributed by atoms with van der Waals surface area (Å²) in [6.07, 6.45) is 0. The van der Waals surface area contributed by atoms with Crippen LogP contribution in [0.4, 0.5) is 5.69 Å². The largest absolute Gasteiger partial charge is 0.508 e. The summed E-state index contributed by atoms with van der Waals surface area (Å²) in [5.74, 6) is -0.288. The molecule has 2 aromatic rings. The second-order valence-corrected chi connectivity index (χ2v) is 4.15. The van der Waals surface area contributed by atoms with E-state index in [-0.39, 0.29) is 11.7 Å². The van der Waals surface area contributed by atoms with Crippen molar-refractivity contribution >= 4 is 11.6 Å². The maximum absolute atomic E-state index is 12.0. The maximum atomic E-state index is 12.0. The molecule has 19 heavy (non-hydrogen) atoms. The summed E-state index contributed by atoms with van der Waals surface area (Å²) >= 11 is 0. The zero-order chi connectivity index (χ0) is 13.8. The molecular weight excluding hydrogens is 240 g/mol. The molecule has 0 fully saturated rings. The Morgan fingerprint density at radius 3 is 2.74 bits per heavy atom. The van der Waals surface area contributed by atoms with Gasteiger partial charge in [-0.3, -0.25) is 4.79 Å². The number of phenolic OH excluding ortho intramolecular Hbond substituents is 1. The third-order valence-corrected chi connectivity index (χ3v) is 2.72. The van der Waals surface area contributed by atoms with E-state index in [9.17, 15) is 9.90 Å². The molecule has 1 amide bonds. The zero-order valence-corrected chi connectivity index (χ0v) is 10.3. The van der Waals surface area contributed by atoms with Gasteiger partial charge in [0, 0.05) is 11.3 Å². The fourth-order valence-electron chi connectivity index (χ4n) is 1.67. The van der Waals surface area contributed by atoms with Gasteiger partial charge in [0.05, 0.1) is 11.6 Å². The number of anilines is 1. The molecule has 2 N–H and O–H groups in total. The van der Waals surface area contributed by atoms with Gasteiger partial charge in [-0.15, -0.1) is 0 Å². The molecule has 0 aromatic heterocycles. The van der Waals surface area contributed by atoms with Gasteiger partial charge in [0.25, 0.3) is 5.91 Å². The van der Waals surface area contributed by atoms with Crippen molar-refractivity contribution in [3.8, 4) is 11.8 Å². The Kier molecular flexibility index (Phi) is 3.48. The zero-order valence-electron chi connectivity index (χ0n) is 10.3. The van der Waals surface area contributed by atoms with Crippen molar-refractivity contribution in [1.29, 1.82) is 5.26 Å². The van der Waals surface area contributed by atoms with E-state index in [0.29, 0.717) is 16.8 Å². The molecule has 0 spiro atoms. The highest BCUT2D eigenvalue weighted by Gasteiger charge is 2.08. The van der Waals surface area contributed by atoms with Crippen molar-refractivity contribution in [3.63, 3.8) is 0 Å². The molecular formula is C15H12N2O2. The lowest BCUT2D eigenvalue weighted by Gasteiger charge is -2.09. The van der Waals surface area contributed by atoms with E-state index >= 15 is 0 Å². The van der Waals surface area contributed by atoms with Gasteiger partial charge in [-0.05, 0) is 42.8 Å². The fraction of sp³-hybridized carbons (Fsp3) is 0.0667. The fourth-order valence-corrected chi connectivity index (χ4v) is 1.67. The van der Waals surface area contributed by atoms with Gasteiger partial charge in [-0.25, -0.2) is 0 Å². The molecule has 4 heteroatoms. The van der Waals surface area contributed by atoms with Gasteiger partial charge in [-0.1, -0.05) is 12.1 Å². The van der Waals surface area contributed by atoms with E-state index in [1.54, 1.807) is 30.3 Å². The molecule has 2 aromatic carbocycles. The number of nitriles is 1. The number of rotatable bonds is 2. The number of hydrogen-bond acceptors (Lipinski definition) is 3. The molecule has 0 atom stereocenters. The average molecular weight is 252 g/mol. The highest BCUT2D eigenvalue weighted by atomic mass is 16.3. The van der Waals surface area contributed by atoms with Gasteiger partial charge in [0.1, 0.15) is 5.75 Å². The molecule has 4 nitrogen and oxygen atoms in total. The number of benzene rings is 2. The molecule has 0 aliphatic carbocycles. The van der Waals surface area contributed by atoms with Crippen LogP contribution in [0.1, 0.15) is 21.5 Å². The molecule has 0 radical (unpaired) electrons. The molecule has 0 heterocycles. The SMILES string of the molecule is Cc1ccc(C#N)cc1NC(=O)c1cccc(O)c1. The van der Waals surface area contributed by atoms with Crippen LogP contribution in [-0.4, -0.2) is 11.0 Å². The lowest BCUT2D eigenvalue weighted by molar-refractivity contribution is 0.102. The smallest absolute Gasteiger partial charge is 0.255 e. The number of nitrogens with one attached hydrogen (secondary N) is 1. The van der Waals surface area contributed by atoms with Gasteiger partial charge >= 0.3 is 0 Å². The molecule has 0 aliphatic heterocycles. The Morgan fingerprint density at radius 2 is 2.05 bits per heavy atom. The van der Waals surface area contributed by atoms with Crippen LogP contribution in [0.15, 0.2) is 42.5 Å². The van der Waals surface area contributed by atoms with E-state index in [2.05, 4.69) is 5.32 Å². The molecule has 0 saturated heterocycles. The van der Waals surface area contributed by atoms with Gasteiger partial charge in [-0.2, -0.15) is 5.26 Å². The summed E-state index contributed by atoms with van der Waals surface area (Å²) in [7, 11) is 0. The summed E-state index contributed by atoms with van der Waals surface area (Å²) in [4.78, 5) is 12.0. The lowest BCUT2D eigenvalue weighted by atomic mass is 10.1. The molecule has 0 bridgehead atoms. The maximum Gasteiger partial charge on any atom is 0.255 e. The van der Waals surface area contributed by atoms with E-state index in [4.69, 9.17) is 5.26 Å². The molecule has 2 rings (SSSR count). The predicted octanol–water partition coefficient (Wildman–Crippen LogP) is 2.82. The number of carbonyl (C=O) groups is 1. The van der Waals surface area contributed by atoms with Crippen LogP contribution in [0.3, 0.4) is 0 Å². The van der Waals surface area contributed by atoms with Crippen LogP contribution in [0.5, 0.6) is 5.75 Å². The highest BCUT2D eigenvalue weighted by molar-refractivity contribution is 6.04. The normalized spacial score (nSPS) is 9.68. The van der Waals surface area contributed by atoms with Crippen LogP contribution in [-0.2, 0) is 0 Å². The van der Waals surface area contributed by atoms with E-state index < -0.39 is 0 Å². The Bertz CT molecular complexity index is 672. The van der Waals surface area contributed by atoms with Crippen LogP contribution in [0.2, 0.25) is 0 Å². The van der Waals surface area contributed by atoms with Crippen molar-refractivity contribution in [1.82, 2.24) is 0 Å². The lowest BCUT2D eigenvalue weighted by Crippen LogP contribution is -2.12. The predicted molar refractivity (Wildman–Crippen MR) is 72.0 cm³/mol. The molecule has 94 valence electrons. The average Bonchev–Trinajstić information content (AvgIpc) is 2.41. The third-order valence-electron chi connectivity index (χ3n) is 2.72. The van der Waals surface area contributed by atoms with E-state index in [1.807, 2.05) is 13.0 Å². The minimum absolute atomic E-state index is 0.0372. The van der Waals surface area contributed by atoms with E-state index in [0.717, 1.165) is 5.56 Å². The van der Waals surface area contributed by atoms with Crippen LogP contribution < -0.4 is 5.32 Å². The summed E-state index contributed by atoms with van der Waals surface area (Å²) in [6, 6.07) is 13.2. The standard InChI is InChI=1S/C15H12N2O2/c1-10-5-6-11(9-16)7-14(10)17-15(19)12-3-2-4-13(18)8-12/h2-8,18H,1H3,(H,17,19). The summed E-state index contributed by atoms with van der Waals surface area (Å²) in [5.41, 5.74) is 2.30. The monoisotopic (exact) mass is 252 g/mol. The first-order chi connectivity index (χ1) is 9.10. The first-order valence-corrected chi connectivity index (χ1v) is 5.71. The Hall–Kier alpha value is -2.80. The van der Waals surface area contributed by atoms with Crippen LogP contribution in [0.25, 0.3) is 0 Å². The van der Waals surface area contributed by atoms with Gasteiger partial charge < -0.3 is 10.4 Å². The van der Waals surface area contributed by atoms with Crippen LogP contribution >= 0.6 is 0 Å². The van der Waals surface area contributed by atoms with Crippen LogP contribution in [0, 0.1) is 18.3 Å². The molecule has 0 unspecified atom stereocenters. The minimum atomic E-state index is -0.325. The summed E-state index contributed by atoms with van der Waals surface area (Å²) < 4.78 is 0. The number of phenols is 1. The van der Waals surface area contributed by atoms with E-state index in [1.165, 1.54) is 12.1 Å². The first kappa shape index (κ1) is 12.7. The highest BCUT2D eigenvalue weighted by Crippen LogP contribution is 2.18. The molecule has 0 aliphatic rings. The number of carbonyl (C=O) groups excluding carboxylic acids is 1. The van der Waals surface area contributed by atoms with Crippen molar-refractivity contribution in [2.75, 3.05) is 5.32 Å². The van der Waals surface area contributed by atoms with Crippen molar-refractivity contribution in [2.45, 2.75) is 6.92 Å². The third kappa shape index (κ3) is 2.90. The number of hydrogen-bond donors (Lipinski definition) is 2. The topological polar surface area (TPSA) is 73.1 Å². The Balaban J connectivity index is 2.27. The summed E-state index contributed by atoms with van der Waals surface area (Å²) in [5, 5.41) is 20.9. The number of aryl methyl sites for hydroxylation is 1. The Labute approximate surface area is 110 Å². The van der Waals surface area contributed by atoms with Gasteiger partial charge in [0.2, 0.25) is 0 Å². The molecule has 0 saturated carbocycles. The van der Waals surface area contributed by atoms with Crippen molar-refractivity contribution in [2.24, 2.45) is 0 Å². The number of amides is 1. The van der Waals surface area contributed by atoms with Gasteiger partial charge in [0.15, 0.2) is 0 Å². The van der Waals surface area contributed by atoms with Crippen molar-refractivity contribution < 1.29 is 9.90 Å². The second kappa shape index (κ2) is 5.23. The summed E-state index contributed by atoms with van der Waals surface area (Å²) in [6.45, 7) is 1.85. The Morgan fingerprint density at radius 1 is 1.26 bits per heavy atom. The first-order valence-electron chi connectivity index (χ1n) is 5.71. The number of aromatic hydroxyl groups is 1. The minimum Gasteiger partial charge on any atom is -0.508 e.